The summed E-state index contributed by atoms with van der Waals surface area (Å²) in [6.07, 6.45) is -7.11. The molecule has 0 bridgehead atoms. The molecule has 308 valence electrons. The molecule has 5 atom stereocenters. The minimum Gasteiger partial charge on any atom is -0.441 e. The molecule has 1 saturated heterocycles. The van der Waals surface area contributed by atoms with Gasteiger partial charge in [-0.15, -0.1) is 0 Å². The number of amides is 1. The first-order chi connectivity index (χ1) is 27.3. The summed E-state index contributed by atoms with van der Waals surface area (Å²) in [5.74, 6) is -0.0546. The Kier molecular flexibility index (Phi) is 12.3. The number of fused-ring (bicyclic) bond motifs is 1. The summed E-state index contributed by atoms with van der Waals surface area (Å²) in [5.41, 5.74) is -0.396. The largest absolute Gasteiger partial charge is 0.509 e. The molecule has 58 heavy (non-hydrogen) atoms. The Bertz CT molecular complexity index is 2150. The lowest BCUT2D eigenvalue weighted by atomic mass is 9.84. The van der Waals surface area contributed by atoms with Crippen molar-refractivity contribution >= 4 is 59.5 Å². The molecule has 15 heteroatoms. The fraction of sp³-hybridized carbons (Fsp3) is 0.419. The number of carbonyl (C=O) groups is 2. The molecule has 3 aromatic carbocycles. The van der Waals surface area contributed by atoms with Crippen LogP contribution in [0.25, 0.3) is 11.2 Å². The van der Waals surface area contributed by atoms with Gasteiger partial charge in [0.2, 0.25) is 5.28 Å². The average Bonchev–Trinajstić information content (AvgIpc) is 3.70. The fourth-order valence-corrected chi connectivity index (χ4v) is 12.1. The van der Waals surface area contributed by atoms with Crippen LogP contribution in [0, 0.1) is 5.41 Å². The van der Waals surface area contributed by atoms with E-state index in [-0.39, 0.29) is 28.9 Å². The molecule has 12 nitrogen and oxygen atoms in total. The molecule has 1 amide bonds. The van der Waals surface area contributed by atoms with Crippen LogP contribution in [-0.2, 0) is 23.4 Å². The number of hydrogen-bond acceptors (Lipinski definition) is 10. The summed E-state index contributed by atoms with van der Waals surface area (Å²) in [5, 5.41) is 4.01. The molecule has 6 rings (SSSR count). The zero-order valence-corrected chi connectivity index (χ0v) is 36.0. The number of nitrogens with one attached hydrogen (secondary N) is 1. The second-order valence-electron chi connectivity index (χ2n) is 17.4. The van der Waals surface area contributed by atoms with Crippen LogP contribution in [-0.4, -0.2) is 70.7 Å². The van der Waals surface area contributed by atoms with Gasteiger partial charge in [-0.2, -0.15) is 9.97 Å². The quantitative estimate of drug-likeness (QED) is 0.0826. The number of halogens is 2. The van der Waals surface area contributed by atoms with Crippen LogP contribution in [0.1, 0.15) is 80.2 Å². The average molecular weight is 832 g/mol. The van der Waals surface area contributed by atoms with Gasteiger partial charge in [0.15, 0.2) is 35.5 Å². The van der Waals surface area contributed by atoms with E-state index in [4.69, 9.17) is 35.0 Å². The van der Waals surface area contributed by atoms with Gasteiger partial charge in [-0.05, 0) is 53.3 Å². The minimum absolute atomic E-state index is 0.0546. The Labute approximate surface area is 344 Å². The third-order valence-electron chi connectivity index (χ3n) is 9.77. The van der Waals surface area contributed by atoms with Crippen LogP contribution in [0.4, 0.5) is 19.8 Å². The van der Waals surface area contributed by atoms with Gasteiger partial charge >= 0.3 is 12.2 Å². The Morgan fingerprint density at radius 3 is 1.98 bits per heavy atom. The first kappa shape index (κ1) is 42.7. The maximum absolute atomic E-state index is 17.0. The molecule has 2 aromatic heterocycles. The number of anilines is 1. The van der Waals surface area contributed by atoms with Crippen molar-refractivity contribution in [3.63, 3.8) is 0 Å². The number of rotatable bonds is 10. The van der Waals surface area contributed by atoms with Crippen molar-refractivity contribution in [1.29, 1.82) is 0 Å². The Morgan fingerprint density at radius 2 is 1.45 bits per heavy atom. The van der Waals surface area contributed by atoms with E-state index in [1.54, 1.807) is 20.8 Å². The van der Waals surface area contributed by atoms with E-state index in [0.717, 1.165) is 15.9 Å². The highest BCUT2D eigenvalue weighted by Crippen LogP contribution is 2.41. The highest BCUT2D eigenvalue weighted by molar-refractivity contribution is 6.99. The first-order valence-corrected chi connectivity index (χ1v) is 21.4. The summed E-state index contributed by atoms with van der Waals surface area (Å²) in [6, 6.07) is 29.3. The van der Waals surface area contributed by atoms with Crippen LogP contribution in [0.3, 0.4) is 0 Å². The predicted molar refractivity (Wildman–Crippen MR) is 223 cm³/mol. The lowest BCUT2D eigenvalue weighted by Crippen LogP contribution is -2.67. The van der Waals surface area contributed by atoms with E-state index in [1.165, 1.54) is 10.9 Å². The molecule has 1 unspecified atom stereocenters. The minimum atomic E-state index is -3.14. The zero-order chi connectivity index (χ0) is 42.0. The van der Waals surface area contributed by atoms with Crippen LogP contribution in [0.15, 0.2) is 97.3 Å². The number of carbonyl (C=O) groups excluding carboxylic acids is 2. The summed E-state index contributed by atoms with van der Waals surface area (Å²) in [4.78, 5) is 39.5. The lowest BCUT2D eigenvalue weighted by molar-refractivity contribution is -0.0662. The summed E-state index contributed by atoms with van der Waals surface area (Å²) < 4.78 is 49.0. The van der Waals surface area contributed by atoms with Gasteiger partial charge in [-0.25, -0.2) is 19.0 Å². The zero-order valence-electron chi connectivity index (χ0n) is 34.2. The van der Waals surface area contributed by atoms with Crippen molar-refractivity contribution in [2.24, 2.45) is 5.41 Å². The van der Waals surface area contributed by atoms with E-state index >= 15 is 4.39 Å². The van der Waals surface area contributed by atoms with Gasteiger partial charge in [0.25, 0.3) is 8.32 Å². The molecule has 0 radical (unpaired) electrons. The fourth-order valence-electron chi connectivity index (χ4n) is 7.32. The molecular weight excluding hydrogens is 781 g/mol. The highest BCUT2D eigenvalue weighted by atomic mass is 35.5. The van der Waals surface area contributed by atoms with Crippen molar-refractivity contribution in [2.45, 2.75) is 104 Å². The second kappa shape index (κ2) is 16.8. The van der Waals surface area contributed by atoms with Crippen LogP contribution < -0.4 is 15.7 Å². The number of alkyl halides is 1. The van der Waals surface area contributed by atoms with Gasteiger partial charge in [0, 0.05) is 5.41 Å². The Morgan fingerprint density at radius 1 is 0.879 bits per heavy atom. The number of imidazole rings is 1. The summed E-state index contributed by atoms with van der Waals surface area (Å²) in [7, 11) is -3.14. The van der Waals surface area contributed by atoms with E-state index in [2.05, 4.69) is 41.0 Å². The second-order valence-corrected chi connectivity index (χ2v) is 22.0. The van der Waals surface area contributed by atoms with Gasteiger partial charge in [0.1, 0.15) is 17.8 Å². The van der Waals surface area contributed by atoms with Crippen LogP contribution >= 0.6 is 11.6 Å². The molecule has 0 aliphatic carbocycles. The number of aromatic nitrogens is 4. The van der Waals surface area contributed by atoms with E-state index in [9.17, 15) is 9.59 Å². The third-order valence-corrected chi connectivity index (χ3v) is 14.9. The molecule has 0 spiro atoms. The maximum atomic E-state index is 17.0. The Balaban J connectivity index is 1.33. The van der Waals surface area contributed by atoms with Gasteiger partial charge in [-0.1, -0.05) is 133 Å². The van der Waals surface area contributed by atoms with Crippen molar-refractivity contribution in [2.75, 3.05) is 11.9 Å². The van der Waals surface area contributed by atoms with Gasteiger partial charge in [-0.3, -0.25) is 9.88 Å². The molecule has 0 saturated carbocycles. The number of benzene rings is 3. The first-order valence-electron chi connectivity index (χ1n) is 19.2. The molecule has 5 aromatic rings. The van der Waals surface area contributed by atoms with E-state index < -0.39 is 67.3 Å². The van der Waals surface area contributed by atoms with Crippen molar-refractivity contribution in [3.8, 4) is 0 Å². The SMILES string of the molecule is CC(C)(C)OC(=O)O[C@H]1[C@H](F)[C@H](n2cnc3c(NC(=O)OC(c4ccccc4)C(C)(C)C)nc(Cl)nc32)O[C@@H]1CO[Si](c1ccccc1)(c1ccccc1)C(C)(C)C. The molecule has 1 N–H and O–H groups in total. The topological polar surface area (TPSA) is 136 Å². The number of ether oxygens (including phenoxy) is 4. The molecule has 1 aliphatic heterocycles. The van der Waals surface area contributed by atoms with Crippen molar-refractivity contribution in [3.05, 3.63) is 108 Å². The van der Waals surface area contributed by atoms with Crippen LogP contribution in [0.5, 0.6) is 0 Å². The lowest BCUT2D eigenvalue weighted by Gasteiger charge is -2.43. The van der Waals surface area contributed by atoms with Gasteiger partial charge < -0.3 is 23.4 Å². The van der Waals surface area contributed by atoms with Crippen LogP contribution in [0.2, 0.25) is 10.3 Å². The Hall–Kier alpha value is -4.89. The monoisotopic (exact) mass is 831 g/mol. The van der Waals surface area contributed by atoms with Crippen molar-refractivity contribution in [1.82, 2.24) is 19.5 Å². The molecule has 3 heterocycles. The maximum Gasteiger partial charge on any atom is 0.509 e. The highest BCUT2D eigenvalue weighted by Gasteiger charge is 2.54. The van der Waals surface area contributed by atoms with Crippen molar-refractivity contribution < 1.29 is 37.4 Å². The van der Waals surface area contributed by atoms with E-state index in [1.807, 2.05) is 112 Å². The normalized spacial score (nSPS) is 19.4. The molecular formula is C43H51ClFN5O7Si. The summed E-state index contributed by atoms with van der Waals surface area (Å²) >= 11 is 6.41. The van der Waals surface area contributed by atoms with Gasteiger partial charge in [0.05, 0.1) is 12.9 Å². The number of nitrogens with zero attached hydrogens (tertiary/aromatic N) is 4. The smallest absolute Gasteiger partial charge is 0.441 e. The standard InChI is InChI=1S/C43H51ClFN5O7Si/c1-41(2,3)34(27-19-13-10-14-20-27)56-39(51)48-35-32-36(49-38(44)47-35)50(26-46-32)37-31(45)33(55-40(52)57-42(4,5)6)30(54-37)25-53-58(43(7,8)9,28-21-15-11-16-22-28)29-23-17-12-18-24-29/h10-24,26,30-31,33-34,37H,25H2,1-9H3,(H,47,48,49,51)/t30-,31+,33-,34?,37-/m1/s1. The molecule has 1 aliphatic rings. The summed E-state index contributed by atoms with van der Waals surface area (Å²) in [6.45, 7) is 17.2. The molecule has 1 fully saturated rings. The number of hydrogen-bond donors (Lipinski definition) is 1. The van der Waals surface area contributed by atoms with E-state index in [0.29, 0.717) is 0 Å². The third kappa shape index (κ3) is 9.20. The predicted octanol–water partition coefficient (Wildman–Crippen LogP) is 8.95.